The summed E-state index contributed by atoms with van der Waals surface area (Å²) in [7, 11) is 0. The monoisotopic (exact) mass is 334 g/mol. The number of benzene rings is 1. The van der Waals surface area contributed by atoms with E-state index in [0.717, 1.165) is 0 Å². The Kier molecular flexibility index (Phi) is 6.95. The Morgan fingerprint density at radius 2 is 2.10 bits per heavy atom. The lowest BCUT2D eigenvalue weighted by atomic mass is 10.1. The molecule has 1 aromatic rings. The van der Waals surface area contributed by atoms with Crippen LogP contribution in [0.4, 0.5) is 9.18 Å². The predicted octanol–water partition coefficient (Wildman–Crippen LogP) is 3.31. The van der Waals surface area contributed by atoms with Crippen LogP contribution >= 0.6 is 23.2 Å². The number of aliphatic hydroxyl groups is 1. The molecule has 4 nitrogen and oxygen atoms in total. The van der Waals surface area contributed by atoms with Crippen LogP contribution in [-0.4, -0.2) is 23.8 Å². The van der Waals surface area contributed by atoms with E-state index in [2.05, 4.69) is 10.6 Å². The molecule has 0 bridgehead atoms. The summed E-state index contributed by atoms with van der Waals surface area (Å²) in [5.74, 6) is -0.428. The van der Waals surface area contributed by atoms with E-state index in [1.165, 1.54) is 6.07 Å². The quantitative estimate of drug-likeness (QED) is 0.773. The van der Waals surface area contributed by atoms with Crippen LogP contribution < -0.4 is 10.6 Å². The molecule has 1 aromatic carbocycles. The van der Waals surface area contributed by atoms with Gasteiger partial charge in [0.05, 0.1) is 11.8 Å². The van der Waals surface area contributed by atoms with Gasteiger partial charge in [0.15, 0.2) is 0 Å². The van der Waals surface area contributed by atoms with Crippen molar-refractivity contribution in [2.45, 2.75) is 26.4 Å². The van der Waals surface area contributed by atoms with Crippen LogP contribution in [0.2, 0.25) is 0 Å². The average Bonchev–Trinajstić information content (AvgIpc) is 2.44. The summed E-state index contributed by atoms with van der Waals surface area (Å²) in [4.78, 5) is 11.7. The number of aliphatic hydroxyl groups excluding tert-OH is 1. The van der Waals surface area contributed by atoms with Crippen molar-refractivity contribution in [3.05, 3.63) is 39.6 Å². The van der Waals surface area contributed by atoms with Gasteiger partial charge in [-0.1, -0.05) is 42.3 Å². The van der Waals surface area contributed by atoms with E-state index < -0.39 is 18.0 Å². The maximum Gasteiger partial charge on any atom is 0.319 e. The van der Waals surface area contributed by atoms with Crippen molar-refractivity contribution in [2.75, 3.05) is 6.54 Å². The summed E-state index contributed by atoms with van der Waals surface area (Å²) in [6.45, 7) is 3.51. The lowest BCUT2D eigenvalue weighted by molar-refractivity contribution is 0.167. The van der Waals surface area contributed by atoms with Crippen LogP contribution in [0.15, 0.2) is 22.7 Å². The molecule has 0 fully saturated rings. The molecule has 0 aliphatic carbocycles. The molecule has 116 valence electrons. The third-order valence-corrected chi connectivity index (χ3v) is 3.24. The second-order valence-electron chi connectivity index (χ2n) is 4.50. The summed E-state index contributed by atoms with van der Waals surface area (Å²) >= 11 is 11.5. The number of rotatable bonds is 5. The van der Waals surface area contributed by atoms with Crippen LogP contribution in [0.1, 0.15) is 24.5 Å². The summed E-state index contributed by atoms with van der Waals surface area (Å²) in [5, 5.41) is 14.3. The molecule has 0 radical (unpaired) electrons. The molecule has 0 heterocycles. The Morgan fingerprint density at radius 1 is 1.43 bits per heavy atom. The third-order valence-electron chi connectivity index (χ3n) is 2.86. The Hall–Kier alpha value is -1.30. The van der Waals surface area contributed by atoms with Gasteiger partial charge in [-0.3, -0.25) is 0 Å². The second kappa shape index (κ2) is 8.22. The van der Waals surface area contributed by atoms with Crippen LogP contribution in [0.5, 0.6) is 0 Å². The van der Waals surface area contributed by atoms with Crippen LogP contribution in [0.3, 0.4) is 0 Å². The molecule has 0 saturated carbocycles. The molecule has 1 atom stereocenters. The molecular formula is C14H17Cl2FN2O2. The largest absolute Gasteiger partial charge is 0.391 e. The van der Waals surface area contributed by atoms with E-state index in [4.69, 9.17) is 23.2 Å². The van der Waals surface area contributed by atoms with Gasteiger partial charge in [-0.15, -0.1) is 0 Å². The van der Waals surface area contributed by atoms with Gasteiger partial charge in [-0.2, -0.15) is 0 Å². The maximum atomic E-state index is 13.6. The van der Waals surface area contributed by atoms with E-state index in [9.17, 15) is 14.3 Å². The van der Waals surface area contributed by atoms with E-state index in [0.29, 0.717) is 17.5 Å². The summed E-state index contributed by atoms with van der Waals surface area (Å²) in [6.07, 6.45) is -0.117. The molecule has 0 saturated heterocycles. The highest BCUT2D eigenvalue weighted by Gasteiger charge is 2.13. The number of aryl methyl sites for hydroxylation is 1. The first-order valence-corrected chi connectivity index (χ1v) is 7.15. The summed E-state index contributed by atoms with van der Waals surface area (Å²) < 4.78 is 13.4. The van der Waals surface area contributed by atoms with Crippen molar-refractivity contribution in [3.8, 4) is 0 Å². The lowest BCUT2D eigenvalue weighted by Crippen LogP contribution is -2.38. The van der Waals surface area contributed by atoms with Gasteiger partial charge < -0.3 is 15.7 Å². The minimum absolute atomic E-state index is 0.0950. The molecular weight excluding hydrogens is 318 g/mol. The van der Waals surface area contributed by atoms with Crippen molar-refractivity contribution in [1.82, 2.24) is 10.6 Å². The fourth-order valence-electron chi connectivity index (χ4n) is 1.49. The molecule has 7 heteroatoms. The van der Waals surface area contributed by atoms with Gasteiger partial charge in [0.2, 0.25) is 0 Å². The van der Waals surface area contributed by atoms with E-state index in [1.54, 1.807) is 26.0 Å². The molecule has 2 amide bonds. The Balaban J connectivity index is 2.82. The normalized spacial score (nSPS) is 11.7. The SMILES string of the molecule is CC[C@@H](O)CNC(=O)NC(=C(Cl)Cl)c1ccc(C)c(F)c1. The molecule has 1 rings (SSSR count). The minimum Gasteiger partial charge on any atom is -0.391 e. The topological polar surface area (TPSA) is 61.4 Å². The molecule has 0 aliphatic rings. The van der Waals surface area contributed by atoms with Crippen molar-refractivity contribution >= 4 is 34.9 Å². The fraction of sp³-hybridized carbons (Fsp3) is 0.357. The number of hydrogen-bond donors (Lipinski definition) is 3. The van der Waals surface area contributed by atoms with E-state index in [-0.39, 0.29) is 16.7 Å². The van der Waals surface area contributed by atoms with Crippen molar-refractivity contribution < 1.29 is 14.3 Å². The number of carbonyl (C=O) groups excluding carboxylic acids is 1. The van der Waals surface area contributed by atoms with E-state index in [1.807, 2.05) is 0 Å². The van der Waals surface area contributed by atoms with Crippen LogP contribution in [0.25, 0.3) is 5.70 Å². The van der Waals surface area contributed by atoms with Crippen molar-refractivity contribution in [2.24, 2.45) is 0 Å². The first kappa shape index (κ1) is 17.8. The number of carbonyl (C=O) groups is 1. The zero-order valence-electron chi connectivity index (χ0n) is 11.7. The molecule has 0 aliphatic heterocycles. The third kappa shape index (κ3) is 5.53. The van der Waals surface area contributed by atoms with Gasteiger partial charge in [0.1, 0.15) is 10.3 Å². The Labute approximate surface area is 132 Å². The molecule has 3 N–H and O–H groups in total. The van der Waals surface area contributed by atoms with Gasteiger partial charge in [-0.25, -0.2) is 9.18 Å². The number of halogens is 3. The van der Waals surface area contributed by atoms with Crippen molar-refractivity contribution in [3.63, 3.8) is 0 Å². The second-order valence-corrected chi connectivity index (χ2v) is 5.45. The Bertz CT molecular complexity index is 546. The zero-order valence-corrected chi connectivity index (χ0v) is 13.2. The zero-order chi connectivity index (χ0) is 16.0. The Morgan fingerprint density at radius 3 is 2.62 bits per heavy atom. The van der Waals surface area contributed by atoms with Gasteiger partial charge in [0, 0.05) is 12.1 Å². The first-order chi connectivity index (χ1) is 9.85. The molecule has 0 unspecified atom stereocenters. The highest BCUT2D eigenvalue weighted by atomic mass is 35.5. The number of nitrogens with one attached hydrogen (secondary N) is 2. The number of urea groups is 1. The van der Waals surface area contributed by atoms with Gasteiger partial charge >= 0.3 is 6.03 Å². The predicted molar refractivity (Wildman–Crippen MR) is 82.6 cm³/mol. The number of amides is 2. The highest BCUT2D eigenvalue weighted by molar-refractivity contribution is 6.58. The van der Waals surface area contributed by atoms with E-state index >= 15 is 0 Å². The molecule has 0 spiro atoms. The fourth-order valence-corrected chi connectivity index (χ4v) is 1.80. The minimum atomic E-state index is -0.633. The molecule has 0 aromatic heterocycles. The maximum absolute atomic E-state index is 13.6. The summed E-state index contributed by atoms with van der Waals surface area (Å²) in [5.41, 5.74) is 0.921. The molecule has 21 heavy (non-hydrogen) atoms. The van der Waals surface area contributed by atoms with Crippen LogP contribution in [-0.2, 0) is 0 Å². The van der Waals surface area contributed by atoms with Crippen molar-refractivity contribution in [1.29, 1.82) is 0 Å². The first-order valence-electron chi connectivity index (χ1n) is 6.39. The standard InChI is InChI=1S/C14H17Cl2FN2O2/c1-3-10(20)7-18-14(21)19-12(13(15)16)9-5-4-8(2)11(17)6-9/h4-6,10,20H,3,7H2,1-2H3,(H2,18,19,21)/t10-/m1/s1. The lowest BCUT2D eigenvalue weighted by Gasteiger charge is -2.14. The average molecular weight is 335 g/mol. The smallest absolute Gasteiger partial charge is 0.319 e. The summed E-state index contributed by atoms with van der Waals surface area (Å²) in [6, 6.07) is 3.80. The van der Waals surface area contributed by atoms with Gasteiger partial charge in [0.25, 0.3) is 0 Å². The van der Waals surface area contributed by atoms with Crippen LogP contribution in [0, 0.1) is 12.7 Å². The highest BCUT2D eigenvalue weighted by Crippen LogP contribution is 2.23. The number of hydrogen-bond acceptors (Lipinski definition) is 2. The van der Waals surface area contributed by atoms with Gasteiger partial charge in [-0.05, 0) is 25.0 Å².